The summed E-state index contributed by atoms with van der Waals surface area (Å²) in [6.07, 6.45) is 5.15. The van der Waals surface area contributed by atoms with E-state index in [0.717, 1.165) is 21.4 Å². The Labute approximate surface area is 169 Å². The first-order valence-corrected chi connectivity index (χ1v) is 9.47. The van der Waals surface area contributed by atoms with Crippen LogP contribution in [-0.2, 0) is 4.79 Å². The number of carbonyl (C=O) groups is 1. The zero-order valence-corrected chi connectivity index (χ0v) is 16.5. The highest BCUT2D eigenvalue weighted by molar-refractivity contribution is 9.10. The molecule has 0 spiro atoms. The number of benzene rings is 2. The lowest BCUT2D eigenvalue weighted by molar-refractivity contribution is -0.111. The maximum absolute atomic E-state index is 12.3. The molecule has 2 aliphatic rings. The molecule has 0 aliphatic carbocycles. The Bertz CT molecular complexity index is 971. The highest BCUT2D eigenvalue weighted by Gasteiger charge is 2.16. The van der Waals surface area contributed by atoms with Gasteiger partial charge in [0, 0.05) is 33.3 Å². The number of amides is 1. The van der Waals surface area contributed by atoms with Gasteiger partial charge in [-0.15, -0.1) is 0 Å². The first-order valence-electron chi connectivity index (χ1n) is 8.29. The zero-order chi connectivity index (χ0) is 18.8. The summed E-state index contributed by atoms with van der Waals surface area (Å²) in [5, 5.41) is 3.47. The molecule has 138 valence electrons. The maximum Gasteiger partial charge on any atom is 0.248 e. The second-order valence-electron chi connectivity index (χ2n) is 5.99. The van der Waals surface area contributed by atoms with E-state index in [1.54, 1.807) is 24.3 Å². The van der Waals surface area contributed by atoms with Gasteiger partial charge in [-0.05, 0) is 45.8 Å². The molecule has 2 aromatic carbocycles. The van der Waals surface area contributed by atoms with Crippen LogP contribution in [0.3, 0.4) is 0 Å². The van der Waals surface area contributed by atoms with Gasteiger partial charge in [0.15, 0.2) is 11.5 Å². The fourth-order valence-corrected chi connectivity index (χ4v) is 3.38. The number of carbonyl (C=O) groups excluding carboxylic acids is 1. The average molecular weight is 449 g/mol. The Balaban J connectivity index is 1.47. The molecular weight excluding hydrogens is 434 g/mol. The van der Waals surface area contributed by atoms with E-state index in [-0.39, 0.29) is 5.91 Å². The number of anilines is 1. The Morgan fingerprint density at radius 2 is 1.85 bits per heavy atom. The second-order valence-corrected chi connectivity index (χ2v) is 7.28. The molecule has 0 fully saturated rings. The molecule has 1 N–H and O–H groups in total. The first kappa shape index (κ1) is 17.9. The lowest BCUT2D eigenvalue weighted by atomic mass is 10.1. The summed E-state index contributed by atoms with van der Waals surface area (Å²) in [5.74, 6) is 1.79. The van der Waals surface area contributed by atoms with E-state index in [4.69, 9.17) is 25.8 Å². The molecule has 0 saturated carbocycles. The lowest BCUT2D eigenvalue weighted by Crippen LogP contribution is -2.16. The van der Waals surface area contributed by atoms with E-state index in [2.05, 4.69) is 21.2 Å². The molecule has 2 aliphatic heterocycles. The average Bonchev–Trinajstić information content (AvgIpc) is 2.66. The van der Waals surface area contributed by atoms with Crippen LogP contribution in [0.2, 0.25) is 5.02 Å². The Kier molecular flexibility index (Phi) is 5.09. The van der Waals surface area contributed by atoms with Gasteiger partial charge in [-0.2, -0.15) is 0 Å². The molecule has 0 unspecified atom stereocenters. The van der Waals surface area contributed by atoms with E-state index >= 15 is 0 Å². The van der Waals surface area contributed by atoms with Gasteiger partial charge in [0.1, 0.15) is 25.6 Å². The molecule has 1 amide bonds. The molecule has 5 nitrogen and oxygen atoms in total. The summed E-state index contributed by atoms with van der Waals surface area (Å²) in [4.78, 5) is 12.3. The van der Waals surface area contributed by atoms with E-state index in [1.807, 2.05) is 18.2 Å². The molecule has 2 aromatic rings. The summed E-state index contributed by atoms with van der Waals surface area (Å²) in [6, 6.07) is 8.97. The van der Waals surface area contributed by atoms with Gasteiger partial charge in [0.2, 0.25) is 5.91 Å². The number of nitrogens with one attached hydrogen (secondary N) is 1. The summed E-state index contributed by atoms with van der Waals surface area (Å²) < 4.78 is 17.5. The van der Waals surface area contributed by atoms with Crippen molar-refractivity contribution >= 4 is 45.2 Å². The number of rotatable bonds is 3. The zero-order valence-electron chi connectivity index (χ0n) is 14.1. The third kappa shape index (κ3) is 4.12. The van der Waals surface area contributed by atoms with E-state index in [9.17, 15) is 4.79 Å². The van der Waals surface area contributed by atoms with Crippen LogP contribution < -0.4 is 19.5 Å². The van der Waals surface area contributed by atoms with Crippen LogP contribution in [0.15, 0.2) is 52.5 Å². The van der Waals surface area contributed by atoms with Crippen molar-refractivity contribution in [3.63, 3.8) is 0 Å². The normalized spacial score (nSPS) is 15.0. The summed E-state index contributed by atoms with van der Waals surface area (Å²) in [7, 11) is 0. The van der Waals surface area contributed by atoms with Gasteiger partial charge in [-0.1, -0.05) is 17.7 Å². The SMILES string of the molecule is O=C(/C=C/C1=Cc2cc(Cl)ccc2OC1)Nc1cc2c(cc1Br)OCCO2. The molecule has 27 heavy (non-hydrogen) atoms. The molecule has 0 aromatic heterocycles. The summed E-state index contributed by atoms with van der Waals surface area (Å²) in [5.41, 5.74) is 2.38. The molecule has 0 radical (unpaired) electrons. The highest BCUT2D eigenvalue weighted by Crippen LogP contribution is 2.38. The second kappa shape index (κ2) is 7.66. The standard InChI is InChI=1S/C20H15BrClNO4/c21-15-9-18-19(26-6-5-25-18)10-16(15)23-20(24)4-1-12-7-13-8-14(22)2-3-17(13)27-11-12/h1-4,7-10H,5-6,11H2,(H,23,24)/b4-1+. The van der Waals surface area contributed by atoms with E-state index in [1.165, 1.54) is 6.08 Å². The van der Waals surface area contributed by atoms with Crippen LogP contribution in [0.4, 0.5) is 5.69 Å². The number of ether oxygens (including phenoxy) is 3. The van der Waals surface area contributed by atoms with Gasteiger partial charge in [-0.3, -0.25) is 4.79 Å². The van der Waals surface area contributed by atoms with Gasteiger partial charge >= 0.3 is 0 Å². The van der Waals surface area contributed by atoms with Crippen molar-refractivity contribution < 1.29 is 19.0 Å². The number of halogens is 2. The minimum absolute atomic E-state index is 0.259. The predicted octanol–water partition coefficient (Wildman–Crippen LogP) is 4.84. The summed E-state index contributed by atoms with van der Waals surface area (Å²) in [6.45, 7) is 1.40. The summed E-state index contributed by atoms with van der Waals surface area (Å²) >= 11 is 9.46. The van der Waals surface area contributed by atoms with Crippen LogP contribution in [0.25, 0.3) is 6.08 Å². The number of hydrogen-bond acceptors (Lipinski definition) is 4. The molecule has 4 rings (SSSR count). The largest absolute Gasteiger partial charge is 0.488 e. The van der Waals surface area contributed by atoms with Crippen molar-refractivity contribution in [2.75, 3.05) is 25.1 Å². The number of hydrogen-bond donors (Lipinski definition) is 1. The van der Waals surface area contributed by atoms with Crippen molar-refractivity contribution in [1.29, 1.82) is 0 Å². The first-order chi connectivity index (χ1) is 13.1. The number of fused-ring (bicyclic) bond motifs is 2. The molecule has 0 saturated heterocycles. The van der Waals surface area contributed by atoms with Crippen molar-refractivity contribution in [3.8, 4) is 17.2 Å². The van der Waals surface area contributed by atoms with Gasteiger partial charge in [0.05, 0.1) is 5.69 Å². The lowest BCUT2D eigenvalue weighted by Gasteiger charge is -2.20. The molecule has 2 heterocycles. The van der Waals surface area contributed by atoms with Crippen molar-refractivity contribution in [2.24, 2.45) is 0 Å². The Morgan fingerprint density at radius 3 is 2.67 bits per heavy atom. The van der Waals surface area contributed by atoms with Gasteiger partial charge < -0.3 is 19.5 Å². The fourth-order valence-electron chi connectivity index (χ4n) is 2.78. The molecule has 0 atom stereocenters. The molecule has 0 bridgehead atoms. The quantitative estimate of drug-likeness (QED) is 0.682. The maximum atomic E-state index is 12.3. The molecule has 7 heteroatoms. The smallest absolute Gasteiger partial charge is 0.248 e. The third-order valence-corrected chi connectivity index (χ3v) is 4.94. The predicted molar refractivity (Wildman–Crippen MR) is 108 cm³/mol. The van der Waals surface area contributed by atoms with Crippen LogP contribution >= 0.6 is 27.5 Å². The highest BCUT2D eigenvalue weighted by atomic mass is 79.9. The monoisotopic (exact) mass is 447 g/mol. The van der Waals surface area contributed by atoms with Crippen LogP contribution in [-0.4, -0.2) is 25.7 Å². The minimum Gasteiger partial charge on any atom is -0.488 e. The van der Waals surface area contributed by atoms with E-state index < -0.39 is 0 Å². The van der Waals surface area contributed by atoms with E-state index in [0.29, 0.717) is 42.0 Å². The van der Waals surface area contributed by atoms with Crippen LogP contribution in [0, 0.1) is 0 Å². The third-order valence-electron chi connectivity index (χ3n) is 4.05. The van der Waals surface area contributed by atoms with Crippen molar-refractivity contribution in [2.45, 2.75) is 0 Å². The Morgan fingerprint density at radius 1 is 1.07 bits per heavy atom. The van der Waals surface area contributed by atoms with Gasteiger partial charge in [0.25, 0.3) is 0 Å². The topological polar surface area (TPSA) is 56.8 Å². The Hall–Kier alpha value is -2.44. The van der Waals surface area contributed by atoms with Crippen LogP contribution in [0.5, 0.6) is 17.2 Å². The van der Waals surface area contributed by atoms with Gasteiger partial charge in [-0.25, -0.2) is 0 Å². The molecular formula is C20H15BrClNO4. The van der Waals surface area contributed by atoms with Crippen LogP contribution in [0.1, 0.15) is 5.56 Å². The fraction of sp³-hybridized carbons (Fsp3) is 0.150. The van der Waals surface area contributed by atoms with Crippen molar-refractivity contribution in [1.82, 2.24) is 0 Å². The minimum atomic E-state index is -0.259. The van der Waals surface area contributed by atoms with Crippen molar-refractivity contribution in [3.05, 3.63) is 63.1 Å².